The molecule has 0 N–H and O–H groups in total. The van der Waals surface area contributed by atoms with Crippen molar-refractivity contribution in [3.8, 4) is 0 Å². The van der Waals surface area contributed by atoms with Gasteiger partial charge in [0.15, 0.2) is 17.7 Å². The van der Waals surface area contributed by atoms with E-state index in [1.54, 1.807) is 13.8 Å². The number of Topliss-reactive ketones (excluding diaryl/α,β-unsaturated/α-hetero) is 1. The van der Waals surface area contributed by atoms with Gasteiger partial charge in [0.25, 0.3) is 11.4 Å². The molecule has 0 bridgehead atoms. The summed E-state index contributed by atoms with van der Waals surface area (Å²) in [4.78, 5) is 45.8. The lowest BCUT2D eigenvalue weighted by Gasteiger charge is -2.39. The number of hydrogen-bond donors (Lipinski definition) is 0. The van der Waals surface area contributed by atoms with E-state index in [1.165, 1.54) is 0 Å². The van der Waals surface area contributed by atoms with Crippen molar-refractivity contribution in [1.82, 2.24) is 0 Å². The van der Waals surface area contributed by atoms with Crippen LogP contribution in [-0.2, 0) is 19.0 Å². The van der Waals surface area contributed by atoms with Crippen molar-refractivity contribution in [2.24, 2.45) is 5.92 Å². The van der Waals surface area contributed by atoms with Gasteiger partial charge in [-0.2, -0.15) is 0 Å². The predicted octanol–water partition coefficient (Wildman–Crippen LogP) is 2.94. The molecular formula is C19H22N2O9. The zero-order valence-electron chi connectivity index (χ0n) is 16.6. The normalized spacial score (nSPS) is 22.5. The van der Waals surface area contributed by atoms with Crippen molar-refractivity contribution in [3.05, 3.63) is 44.0 Å². The molecule has 2 atom stereocenters. The maximum absolute atomic E-state index is 12.8. The Labute approximate surface area is 171 Å². The lowest BCUT2D eigenvalue weighted by Crippen LogP contribution is -2.54. The van der Waals surface area contributed by atoms with Crippen LogP contribution in [0, 0.1) is 26.1 Å². The highest BCUT2D eigenvalue weighted by atomic mass is 16.7. The molecule has 1 aromatic carbocycles. The summed E-state index contributed by atoms with van der Waals surface area (Å²) >= 11 is 0. The van der Waals surface area contributed by atoms with E-state index in [4.69, 9.17) is 14.2 Å². The van der Waals surface area contributed by atoms with Gasteiger partial charge in [-0.15, -0.1) is 0 Å². The topological polar surface area (TPSA) is 148 Å². The molecule has 30 heavy (non-hydrogen) atoms. The van der Waals surface area contributed by atoms with E-state index in [0.717, 1.165) is 43.9 Å². The standard InChI is InChI=1S/C19H22N2O9/c1-19(2)28-10-15(22)17(30-19)16(11-5-3-4-6-11)29-18(23)12-7-13(20(24)25)9-14(8-12)21(26)27/h7-9,11,16-17H,3-6,10H2,1-2H3/t16-,17+/m0/s1. The largest absolute Gasteiger partial charge is 0.455 e. The fourth-order valence-corrected chi connectivity index (χ4v) is 3.79. The van der Waals surface area contributed by atoms with Gasteiger partial charge < -0.3 is 14.2 Å². The zero-order chi connectivity index (χ0) is 22.1. The second kappa shape index (κ2) is 8.44. The summed E-state index contributed by atoms with van der Waals surface area (Å²) in [5, 5.41) is 22.2. The van der Waals surface area contributed by atoms with Crippen LogP contribution in [0.3, 0.4) is 0 Å². The number of hydrogen-bond acceptors (Lipinski definition) is 9. The van der Waals surface area contributed by atoms with Crippen LogP contribution in [-0.4, -0.2) is 46.2 Å². The third-order valence-electron chi connectivity index (χ3n) is 5.26. The molecule has 1 heterocycles. The fourth-order valence-electron chi connectivity index (χ4n) is 3.79. The molecule has 11 heteroatoms. The van der Waals surface area contributed by atoms with E-state index in [0.29, 0.717) is 0 Å². The van der Waals surface area contributed by atoms with Crippen LogP contribution < -0.4 is 0 Å². The average molecular weight is 422 g/mol. The molecule has 2 fully saturated rings. The monoisotopic (exact) mass is 422 g/mol. The first-order valence-electron chi connectivity index (χ1n) is 9.57. The molecule has 0 amide bonds. The molecule has 3 rings (SSSR count). The van der Waals surface area contributed by atoms with Crippen LogP contribution in [0.5, 0.6) is 0 Å². The van der Waals surface area contributed by atoms with Crippen molar-refractivity contribution in [2.75, 3.05) is 6.61 Å². The number of benzene rings is 1. The number of carbonyl (C=O) groups is 2. The Morgan fingerprint density at radius 3 is 2.23 bits per heavy atom. The average Bonchev–Trinajstić information content (AvgIpc) is 3.22. The van der Waals surface area contributed by atoms with Crippen molar-refractivity contribution in [2.45, 2.75) is 57.5 Å². The summed E-state index contributed by atoms with van der Waals surface area (Å²) in [5.41, 5.74) is -1.54. The summed E-state index contributed by atoms with van der Waals surface area (Å²) in [6.45, 7) is 3.09. The van der Waals surface area contributed by atoms with Crippen molar-refractivity contribution in [3.63, 3.8) is 0 Å². The zero-order valence-corrected chi connectivity index (χ0v) is 16.6. The van der Waals surface area contributed by atoms with Gasteiger partial charge in [-0.25, -0.2) is 4.79 Å². The maximum atomic E-state index is 12.8. The second-order valence-corrected chi connectivity index (χ2v) is 7.86. The maximum Gasteiger partial charge on any atom is 0.339 e. The number of non-ortho nitro benzene ring substituents is 2. The Hall–Kier alpha value is -2.92. The molecule has 2 aliphatic rings. The van der Waals surface area contributed by atoms with Gasteiger partial charge in [-0.1, -0.05) is 12.8 Å². The lowest BCUT2D eigenvalue weighted by molar-refractivity contribution is -0.394. The first-order valence-corrected chi connectivity index (χ1v) is 9.57. The number of rotatable bonds is 6. The molecule has 1 saturated carbocycles. The van der Waals surface area contributed by atoms with Crippen LogP contribution >= 0.6 is 0 Å². The first-order chi connectivity index (χ1) is 14.1. The Bertz CT molecular complexity index is 845. The first kappa shape index (κ1) is 21.8. The summed E-state index contributed by atoms with van der Waals surface area (Å²) in [7, 11) is 0. The Morgan fingerprint density at radius 1 is 1.13 bits per heavy atom. The summed E-state index contributed by atoms with van der Waals surface area (Å²) in [6.07, 6.45) is 1.29. The minimum Gasteiger partial charge on any atom is -0.455 e. The van der Waals surface area contributed by atoms with E-state index in [1.807, 2.05) is 0 Å². The fraction of sp³-hybridized carbons (Fsp3) is 0.579. The molecule has 162 valence electrons. The number of carbonyl (C=O) groups excluding carboxylic acids is 2. The highest BCUT2D eigenvalue weighted by Gasteiger charge is 2.45. The third kappa shape index (κ3) is 4.79. The molecule has 0 spiro atoms. The highest BCUT2D eigenvalue weighted by Crippen LogP contribution is 2.35. The summed E-state index contributed by atoms with van der Waals surface area (Å²) in [5.74, 6) is -2.54. The van der Waals surface area contributed by atoms with Gasteiger partial charge in [0, 0.05) is 12.1 Å². The number of nitro groups is 2. The van der Waals surface area contributed by atoms with Crippen molar-refractivity contribution in [1.29, 1.82) is 0 Å². The van der Waals surface area contributed by atoms with E-state index in [2.05, 4.69) is 0 Å². The van der Waals surface area contributed by atoms with E-state index < -0.39 is 45.2 Å². The van der Waals surface area contributed by atoms with Crippen molar-refractivity contribution >= 4 is 23.1 Å². The Balaban J connectivity index is 1.91. The van der Waals surface area contributed by atoms with Gasteiger partial charge in [-0.05, 0) is 32.6 Å². The van der Waals surface area contributed by atoms with Gasteiger partial charge in [0.2, 0.25) is 0 Å². The van der Waals surface area contributed by atoms with Crippen LogP contribution in [0.15, 0.2) is 18.2 Å². The molecule has 1 aromatic rings. The van der Waals surface area contributed by atoms with Crippen LogP contribution in [0.25, 0.3) is 0 Å². The molecule has 0 radical (unpaired) electrons. The second-order valence-electron chi connectivity index (χ2n) is 7.86. The molecule has 0 unspecified atom stereocenters. The third-order valence-corrected chi connectivity index (χ3v) is 5.26. The molecule has 1 saturated heterocycles. The number of nitro benzene ring substituents is 2. The quantitative estimate of drug-likeness (QED) is 0.383. The van der Waals surface area contributed by atoms with Crippen LogP contribution in [0.4, 0.5) is 11.4 Å². The Morgan fingerprint density at radius 2 is 1.70 bits per heavy atom. The van der Waals surface area contributed by atoms with Gasteiger partial charge in [0.05, 0.1) is 21.5 Å². The number of nitrogens with zero attached hydrogens (tertiary/aromatic N) is 2. The van der Waals surface area contributed by atoms with E-state index in [9.17, 15) is 29.8 Å². The summed E-state index contributed by atoms with van der Waals surface area (Å²) in [6, 6.07) is 2.59. The van der Waals surface area contributed by atoms with Crippen LogP contribution in [0.1, 0.15) is 49.9 Å². The SMILES string of the molecule is CC1(C)OCC(=O)[C@H]([C@@H](OC(=O)c2cc([N+](=O)[O-])cc([N+](=O)[O-])c2)C2CCCC2)O1. The summed E-state index contributed by atoms with van der Waals surface area (Å²) < 4.78 is 16.7. The van der Waals surface area contributed by atoms with E-state index in [-0.39, 0.29) is 23.9 Å². The number of esters is 1. The number of ether oxygens (including phenoxy) is 3. The minimum absolute atomic E-state index is 0.134. The van der Waals surface area contributed by atoms with Crippen molar-refractivity contribution < 1.29 is 33.6 Å². The van der Waals surface area contributed by atoms with Gasteiger partial charge in [0.1, 0.15) is 12.7 Å². The predicted molar refractivity (Wildman–Crippen MR) is 101 cm³/mol. The van der Waals surface area contributed by atoms with Gasteiger partial charge in [-0.3, -0.25) is 25.0 Å². The number of ketones is 1. The smallest absolute Gasteiger partial charge is 0.339 e. The molecule has 11 nitrogen and oxygen atoms in total. The molecule has 0 aromatic heterocycles. The van der Waals surface area contributed by atoms with Crippen LogP contribution in [0.2, 0.25) is 0 Å². The lowest BCUT2D eigenvalue weighted by atomic mass is 9.93. The Kier molecular flexibility index (Phi) is 6.13. The minimum atomic E-state index is -1.05. The molecule has 1 aliphatic heterocycles. The van der Waals surface area contributed by atoms with Gasteiger partial charge >= 0.3 is 5.97 Å². The molecular weight excluding hydrogens is 400 g/mol. The van der Waals surface area contributed by atoms with E-state index >= 15 is 0 Å². The highest BCUT2D eigenvalue weighted by molar-refractivity contribution is 5.92. The molecule has 1 aliphatic carbocycles.